The number of hydrogen-bond acceptors (Lipinski definition) is 3. The lowest BCUT2D eigenvalue weighted by Crippen LogP contribution is -2.39. The average molecular weight is 358 g/mol. The van der Waals surface area contributed by atoms with Gasteiger partial charge in [-0.05, 0) is 66.7 Å². The molecule has 2 aromatic rings. The second kappa shape index (κ2) is 7.30. The number of hydrogen-bond donors (Lipinski definition) is 0. The number of rotatable bonds is 5. The van der Waals surface area contributed by atoms with Crippen LogP contribution < -0.4 is 0 Å². The highest BCUT2D eigenvalue weighted by Crippen LogP contribution is 2.29. The van der Waals surface area contributed by atoms with Gasteiger partial charge in [-0.2, -0.15) is 0 Å². The van der Waals surface area contributed by atoms with E-state index in [2.05, 4.69) is 36.9 Å². The van der Waals surface area contributed by atoms with Crippen molar-refractivity contribution in [3.8, 4) is 11.1 Å². The first-order valence-corrected chi connectivity index (χ1v) is 11.0. The Bertz CT molecular complexity index is 837. The van der Waals surface area contributed by atoms with Crippen LogP contribution in [0.4, 0.5) is 0 Å². The molecule has 3 nitrogen and oxygen atoms in total. The molecule has 0 radical (unpaired) electrons. The minimum Gasteiger partial charge on any atom is -0.301 e. The maximum absolute atomic E-state index is 11.6. The van der Waals surface area contributed by atoms with E-state index in [-0.39, 0.29) is 0 Å². The quantitative estimate of drug-likeness (QED) is 0.813. The second-order valence-electron chi connectivity index (χ2n) is 6.90. The van der Waals surface area contributed by atoms with Crippen molar-refractivity contribution >= 4 is 9.84 Å². The number of benzene rings is 2. The number of aryl methyl sites for hydroxylation is 1. The van der Waals surface area contributed by atoms with Crippen molar-refractivity contribution in [3.63, 3.8) is 0 Å². The molecule has 0 aliphatic heterocycles. The molecule has 2 aromatic carbocycles. The monoisotopic (exact) mass is 357 g/mol. The topological polar surface area (TPSA) is 37.4 Å². The largest absolute Gasteiger partial charge is 0.301 e. The molecule has 0 saturated carbocycles. The van der Waals surface area contributed by atoms with E-state index in [0.29, 0.717) is 10.9 Å². The fourth-order valence-corrected chi connectivity index (χ4v) is 4.49. The second-order valence-corrected chi connectivity index (χ2v) is 8.91. The molecule has 0 aromatic heterocycles. The zero-order valence-corrected chi connectivity index (χ0v) is 16.1. The van der Waals surface area contributed by atoms with Gasteiger partial charge in [-0.3, -0.25) is 0 Å². The SMILES string of the molecule is CCN(CC)C1CCc2cc(-c3ccc(S(C)(=O)=O)cc3)ccc2C1. The van der Waals surface area contributed by atoms with Gasteiger partial charge < -0.3 is 4.90 Å². The van der Waals surface area contributed by atoms with Crippen molar-refractivity contribution in [1.29, 1.82) is 0 Å². The van der Waals surface area contributed by atoms with Crippen LogP contribution in [0.3, 0.4) is 0 Å². The molecule has 1 unspecified atom stereocenters. The first kappa shape index (κ1) is 18.2. The Morgan fingerprint density at radius 2 is 1.60 bits per heavy atom. The molecule has 0 bridgehead atoms. The molecule has 0 spiro atoms. The lowest BCUT2D eigenvalue weighted by Gasteiger charge is -2.34. The highest BCUT2D eigenvalue weighted by molar-refractivity contribution is 7.90. The first-order valence-electron chi connectivity index (χ1n) is 9.08. The standard InChI is InChI=1S/C21H27NO2S/c1-4-22(5-2)20-11-8-18-14-17(6-7-19(18)15-20)16-9-12-21(13-10-16)25(3,23)24/h6-7,9-10,12-14,20H,4-5,8,11,15H2,1-3H3. The molecule has 1 aliphatic carbocycles. The predicted molar refractivity (Wildman–Crippen MR) is 104 cm³/mol. The zero-order chi connectivity index (χ0) is 18.0. The van der Waals surface area contributed by atoms with Gasteiger partial charge in [-0.1, -0.05) is 44.2 Å². The summed E-state index contributed by atoms with van der Waals surface area (Å²) < 4.78 is 23.2. The van der Waals surface area contributed by atoms with Crippen LogP contribution in [0.15, 0.2) is 47.4 Å². The fourth-order valence-electron chi connectivity index (χ4n) is 3.86. The summed E-state index contributed by atoms with van der Waals surface area (Å²) in [7, 11) is -3.14. The van der Waals surface area contributed by atoms with Crippen molar-refractivity contribution in [1.82, 2.24) is 4.90 Å². The summed E-state index contributed by atoms with van der Waals surface area (Å²) in [6.07, 6.45) is 4.70. The Morgan fingerprint density at radius 1 is 0.960 bits per heavy atom. The predicted octanol–water partition coefficient (Wildman–Crippen LogP) is 3.96. The molecule has 1 atom stereocenters. The number of nitrogens with zero attached hydrogens (tertiary/aromatic N) is 1. The van der Waals surface area contributed by atoms with Crippen molar-refractivity contribution < 1.29 is 8.42 Å². The van der Waals surface area contributed by atoms with E-state index >= 15 is 0 Å². The zero-order valence-electron chi connectivity index (χ0n) is 15.3. The third-order valence-corrected chi connectivity index (χ3v) is 6.48. The van der Waals surface area contributed by atoms with Gasteiger partial charge in [0.25, 0.3) is 0 Å². The lowest BCUT2D eigenvalue weighted by atomic mass is 9.85. The van der Waals surface area contributed by atoms with Crippen LogP contribution in [-0.4, -0.2) is 38.7 Å². The first-order chi connectivity index (χ1) is 11.9. The number of likely N-dealkylation sites (N-methyl/N-ethyl adjacent to an activating group) is 1. The van der Waals surface area contributed by atoms with E-state index in [1.165, 1.54) is 29.4 Å². The van der Waals surface area contributed by atoms with E-state index in [0.717, 1.165) is 31.5 Å². The third kappa shape index (κ3) is 3.96. The Hall–Kier alpha value is -1.65. The van der Waals surface area contributed by atoms with Gasteiger partial charge in [0.05, 0.1) is 4.90 Å². The summed E-state index contributed by atoms with van der Waals surface area (Å²) in [5.41, 5.74) is 5.13. The van der Waals surface area contributed by atoms with Gasteiger partial charge in [-0.15, -0.1) is 0 Å². The maximum atomic E-state index is 11.6. The molecular formula is C21H27NO2S. The Kier molecular flexibility index (Phi) is 5.30. The third-order valence-electron chi connectivity index (χ3n) is 5.35. The van der Waals surface area contributed by atoms with Crippen LogP contribution in [0.1, 0.15) is 31.4 Å². The van der Waals surface area contributed by atoms with Crippen molar-refractivity contribution in [2.24, 2.45) is 0 Å². The van der Waals surface area contributed by atoms with Crippen molar-refractivity contribution in [2.45, 2.75) is 44.0 Å². The molecule has 0 heterocycles. The van der Waals surface area contributed by atoms with Gasteiger partial charge in [0.2, 0.25) is 0 Å². The van der Waals surface area contributed by atoms with E-state index in [9.17, 15) is 8.42 Å². The molecule has 3 rings (SSSR count). The molecule has 0 N–H and O–H groups in total. The smallest absolute Gasteiger partial charge is 0.175 e. The Labute approximate surface area is 151 Å². The number of sulfone groups is 1. The van der Waals surface area contributed by atoms with Gasteiger partial charge in [0.15, 0.2) is 9.84 Å². The van der Waals surface area contributed by atoms with Crippen LogP contribution in [-0.2, 0) is 22.7 Å². The van der Waals surface area contributed by atoms with Crippen LogP contribution >= 0.6 is 0 Å². The highest BCUT2D eigenvalue weighted by atomic mass is 32.2. The molecular weight excluding hydrogens is 330 g/mol. The minimum atomic E-state index is -3.14. The molecule has 4 heteroatoms. The summed E-state index contributed by atoms with van der Waals surface area (Å²) in [5.74, 6) is 0. The van der Waals surface area contributed by atoms with E-state index in [1.54, 1.807) is 12.1 Å². The minimum absolute atomic E-state index is 0.372. The summed E-state index contributed by atoms with van der Waals surface area (Å²) in [6, 6.07) is 14.6. The van der Waals surface area contributed by atoms with Gasteiger partial charge in [-0.25, -0.2) is 8.42 Å². The Morgan fingerprint density at radius 3 is 2.20 bits per heavy atom. The highest BCUT2D eigenvalue weighted by Gasteiger charge is 2.22. The Balaban J connectivity index is 1.83. The summed E-state index contributed by atoms with van der Waals surface area (Å²) in [6.45, 7) is 6.70. The van der Waals surface area contributed by atoms with Crippen LogP contribution in [0.5, 0.6) is 0 Å². The molecule has 25 heavy (non-hydrogen) atoms. The van der Waals surface area contributed by atoms with E-state index in [1.807, 2.05) is 12.1 Å². The maximum Gasteiger partial charge on any atom is 0.175 e. The lowest BCUT2D eigenvalue weighted by molar-refractivity contribution is 0.199. The van der Waals surface area contributed by atoms with Gasteiger partial charge in [0.1, 0.15) is 0 Å². The molecule has 0 amide bonds. The molecule has 0 fully saturated rings. The summed E-state index contributed by atoms with van der Waals surface area (Å²) >= 11 is 0. The fraction of sp³-hybridized carbons (Fsp3) is 0.429. The van der Waals surface area contributed by atoms with Gasteiger partial charge in [0, 0.05) is 12.3 Å². The van der Waals surface area contributed by atoms with Crippen LogP contribution in [0.25, 0.3) is 11.1 Å². The molecule has 134 valence electrons. The van der Waals surface area contributed by atoms with Crippen LogP contribution in [0, 0.1) is 0 Å². The number of fused-ring (bicyclic) bond motifs is 1. The van der Waals surface area contributed by atoms with Crippen LogP contribution in [0.2, 0.25) is 0 Å². The van der Waals surface area contributed by atoms with E-state index < -0.39 is 9.84 Å². The summed E-state index contributed by atoms with van der Waals surface area (Å²) in [5, 5.41) is 0. The van der Waals surface area contributed by atoms with E-state index in [4.69, 9.17) is 0 Å². The van der Waals surface area contributed by atoms with Gasteiger partial charge >= 0.3 is 0 Å². The summed E-state index contributed by atoms with van der Waals surface area (Å²) in [4.78, 5) is 2.93. The molecule has 0 saturated heterocycles. The van der Waals surface area contributed by atoms with Crippen molar-refractivity contribution in [2.75, 3.05) is 19.3 Å². The average Bonchev–Trinajstić information content (AvgIpc) is 2.61. The molecule has 1 aliphatic rings. The normalized spacial score (nSPS) is 17.5. The van der Waals surface area contributed by atoms with Crippen molar-refractivity contribution in [3.05, 3.63) is 53.6 Å².